The van der Waals surface area contributed by atoms with Gasteiger partial charge in [0.1, 0.15) is 0 Å². The largest absolute Gasteiger partial charge is 0.322 e. The first-order valence-corrected chi connectivity index (χ1v) is 8.67. The molecule has 0 heterocycles. The second-order valence-electron chi connectivity index (χ2n) is 5.75. The van der Waals surface area contributed by atoms with Crippen molar-refractivity contribution in [3.05, 3.63) is 59.7 Å². The molecule has 122 valence electrons. The number of anilines is 1. The number of amides is 1. The van der Waals surface area contributed by atoms with Gasteiger partial charge in [-0.2, -0.15) is 8.42 Å². The summed E-state index contributed by atoms with van der Waals surface area (Å²) in [6.45, 7) is 4.23. The summed E-state index contributed by atoms with van der Waals surface area (Å²) in [6, 6.07) is 12.7. The Bertz CT molecular complexity index is 796. The van der Waals surface area contributed by atoms with Crippen LogP contribution in [-0.2, 0) is 16.5 Å². The molecule has 6 heteroatoms. The molecule has 0 bridgehead atoms. The van der Waals surface area contributed by atoms with E-state index in [1.165, 1.54) is 24.3 Å². The van der Waals surface area contributed by atoms with E-state index in [4.69, 9.17) is 4.55 Å². The van der Waals surface area contributed by atoms with Crippen molar-refractivity contribution in [3.63, 3.8) is 0 Å². The third-order valence-corrected chi connectivity index (χ3v) is 4.11. The lowest BCUT2D eigenvalue weighted by Crippen LogP contribution is -2.12. The number of hydrogen-bond acceptors (Lipinski definition) is 3. The Balaban J connectivity index is 2.13. The molecular weight excluding hydrogens is 314 g/mol. The van der Waals surface area contributed by atoms with Gasteiger partial charge in [-0.25, -0.2) is 0 Å². The zero-order valence-corrected chi connectivity index (χ0v) is 13.8. The van der Waals surface area contributed by atoms with Crippen molar-refractivity contribution in [2.24, 2.45) is 5.92 Å². The molecule has 0 unspecified atom stereocenters. The van der Waals surface area contributed by atoms with Crippen molar-refractivity contribution in [1.82, 2.24) is 0 Å². The Hall–Kier alpha value is -2.18. The Morgan fingerprint density at radius 1 is 1.13 bits per heavy atom. The van der Waals surface area contributed by atoms with Gasteiger partial charge >= 0.3 is 0 Å². The maximum atomic E-state index is 12.3. The van der Waals surface area contributed by atoms with E-state index in [0.29, 0.717) is 17.2 Å². The van der Waals surface area contributed by atoms with Crippen LogP contribution in [0.3, 0.4) is 0 Å². The predicted molar refractivity (Wildman–Crippen MR) is 89.2 cm³/mol. The molecule has 2 rings (SSSR count). The molecule has 0 saturated heterocycles. The molecular formula is C17H19NO4S. The van der Waals surface area contributed by atoms with Crippen LogP contribution < -0.4 is 5.32 Å². The van der Waals surface area contributed by atoms with Gasteiger partial charge in [0, 0.05) is 11.3 Å². The first-order valence-electron chi connectivity index (χ1n) is 7.23. The summed E-state index contributed by atoms with van der Waals surface area (Å²) in [5.41, 5.74) is 2.09. The highest BCUT2D eigenvalue weighted by Crippen LogP contribution is 2.16. The first-order chi connectivity index (χ1) is 10.8. The molecule has 0 fully saturated rings. The van der Waals surface area contributed by atoms with Crippen molar-refractivity contribution in [2.45, 2.75) is 25.2 Å². The van der Waals surface area contributed by atoms with Gasteiger partial charge < -0.3 is 5.32 Å². The number of carbonyl (C=O) groups excluding carboxylic acids is 1. The minimum Gasteiger partial charge on any atom is -0.322 e. The van der Waals surface area contributed by atoms with E-state index in [9.17, 15) is 13.2 Å². The van der Waals surface area contributed by atoms with Crippen LogP contribution in [0.2, 0.25) is 0 Å². The van der Waals surface area contributed by atoms with Gasteiger partial charge in [0.15, 0.2) is 0 Å². The number of hydrogen-bond donors (Lipinski definition) is 2. The predicted octanol–water partition coefficient (Wildman–Crippen LogP) is 3.38. The standard InChI is InChI=1S/C17H19NO4S/c1-12(2)10-13-4-3-5-14(11-13)17(19)18-15-6-8-16(9-7-15)23(20,21)22/h3-9,11-12H,10H2,1-2H3,(H,18,19)(H,20,21,22). The average Bonchev–Trinajstić information content (AvgIpc) is 2.46. The summed E-state index contributed by atoms with van der Waals surface area (Å²) in [6.07, 6.45) is 0.893. The lowest BCUT2D eigenvalue weighted by molar-refractivity contribution is 0.102. The smallest absolute Gasteiger partial charge is 0.294 e. The minimum atomic E-state index is -4.23. The van der Waals surface area contributed by atoms with Crippen LogP contribution in [0.25, 0.3) is 0 Å². The van der Waals surface area contributed by atoms with Gasteiger partial charge in [-0.1, -0.05) is 26.0 Å². The summed E-state index contributed by atoms with van der Waals surface area (Å²) in [5.74, 6) is 0.233. The fourth-order valence-corrected chi connectivity index (χ4v) is 2.70. The first kappa shape index (κ1) is 17.2. The number of rotatable bonds is 5. The van der Waals surface area contributed by atoms with Crippen molar-refractivity contribution in [3.8, 4) is 0 Å². The molecule has 0 atom stereocenters. The van der Waals surface area contributed by atoms with E-state index in [1.54, 1.807) is 6.07 Å². The minimum absolute atomic E-state index is 0.213. The molecule has 23 heavy (non-hydrogen) atoms. The Morgan fingerprint density at radius 2 is 1.78 bits per heavy atom. The Kier molecular flexibility index (Phi) is 5.18. The van der Waals surface area contributed by atoms with Gasteiger partial charge in [-0.05, 0) is 54.3 Å². The molecule has 1 amide bonds. The summed E-state index contributed by atoms with van der Waals surface area (Å²) in [7, 11) is -4.23. The quantitative estimate of drug-likeness (QED) is 0.822. The van der Waals surface area contributed by atoms with E-state index in [0.717, 1.165) is 12.0 Å². The molecule has 0 aromatic heterocycles. The Labute approximate surface area is 136 Å². The van der Waals surface area contributed by atoms with Gasteiger partial charge in [-0.15, -0.1) is 0 Å². The van der Waals surface area contributed by atoms with Gasteiger partial charge in [0.25, 0.3) is 16.0 Å². The van der Waals surface area contributed by atoms with Gasteiger partial charge in [0.2, 0.25) is 0 Å². The van der Waals surface area contributed by atoms with Crippen LogP contribution in [0.4, 0.5) is 5.69 Å². The highest BCUT2D eigenvalue weighted by Gasteiger charge is 2.11. The zero-order valence-electron chi connectivity index (χ0n) is 13.0. The summed E-state index contributed by atoms with van der Waals surface area (Å²) < 4.78 is 30.9. The number of carbonyl (C=O) groups is 1. The molecule has 0 aliphatic heterocycles. The zero-order chi connectivity index (χ0) is 17.0. The van der Waals surface area contributed by atoms with Crippen molar-refractivity contribution in [2.75, 3.05) is 5.32 Å². The van der Waals surface area contributed by atoms with E-state index in [1.807, 2.05) is 18.2 Å². The number of benzene rings is 2. The third kappa shape index (κ3) is 4.91. The highest BCUT2D eigenvalue weighted by atomic mass is 32.2. The van der Waals surface area contributed by atoms with Crippen LogP contribution in [0.1, 0.15) is 29.8 Å². The Morgan fingerprint density at radius 3 is 2.35 bits per heavy atom. The van der Waals surface area contributed by atoms with Crippen molar-refractivity contribution in [1.29, 1.82) is 0 Å². The number of nitrogens with one attached hydrogen (secondary N) is 1. The monoisotopic (exact) mass is 333 g/mol. The maximum absolute atomic E-state index is 12.3. The van der Waals surface area contributed by atoms with E-state index >= 15 is 0 Å². The lowest BCUT2D eigenvalue weighted by atomic mass is 10.0. The van der Waals surface area contributed by atoms with Gasteiger partial charge in [0.05, 0.1) is 4.90 Å². The van der Waals surface area contributed by atoms with Crippen molar-refractivity contribution < 1.29 is 17.8 Å². The summed E-state index contributed by atoms with van der Waals surface area (Å²) >= 11 is 0. The fraction of sp³-hybridized carbons (Fsp3) is 0.235. The summed E-state index contributed by atoms with van der Waals surface area (Å²) in [4.78, 5) is 12.0. The molecule has 2 N–H and O–H groups in total. The molecule has 5 nitrogen and oxygen atoms in total. The van der Waals surface area contributed by atoms with Crippen LogP contribution in [0.5, 0.6) is 0 Å². The molecule has 2 aromatic carbocycles. The summed E-state index contributed by atoms with van der Waals surface area (Å²) in [5, 5.41) is 2.70. The topological polar surface area (TPSA) is 83.5 Å². The van der Waals surface area contributed by atoms with E-state index in [-0.39, 0.29) is 10.8 Å². The van der Waals surface area contributed by atoms with E-state index < -0.39 is 10.1 Å². The van der Waals surface area contributed by atoms with Crippen LogP contribution in [-0.4, -0.2) is 18.9 Å². The molecule has 0 radical (unpaired) electrons. The van der Waals surface area contributed by atoms with Gasteiger partial charge in [-0.3, -0.25) is 9.35 Å². The normalized spacial score (nSPS) is 11.5. The van der Waals surface area contributed by atoms with Crippen molar-refractivity contribution >= 4 is 21.7 Å². The molecule has 0 saturated carbocycles. The van der Waals surface area contributed by atoms with Crippen LogP contribution in [0.15, 0.2) is 53.4 Å². The molecule has 2 aromatic rings. The second-order valence-corrected chi connectivity index (χ2v) is 7.17. The second kappa shape index (κ2) is 6.93. The average molecular weight is 333 g/mol. The SMILES string of the molecule is CC(C)Cc1cccc(C(=O)Nc2ccc(S(=O)(=O)O)cc2)c1. The highest BCUT2D eigenvalue weighted by molar-refractivity contribution is 7.85. The third-order valence-electron chi connectivity index (χ3n) is 3.24. The fourth-order valence-electron chi connectivity index (χ4n) is 2.22. The van der Waals surface area contributed by atoms with E-state index in [2.05, 4.69) is 19.2 Å². The van der Waals surface area contributed by atoms with Crippen LogP contribution >= 0.6 is 0 Å². The maximum Gasteiger partial charge on any atom is 0.294 e. The lowest BCUT2D eigenvalue weighted by Gasteiger charge is -2.09. The van der Waals surface area contributed by atoms with Crippen LogP contribution in [0, 0.1) is 5.92 Å². The molecule has 0 aliphatic carbocycles. The molecule has 0 spiro atoms. The molecule has 0 aliphatic rings.